The summed E-state index contributed by atoms with van der Waals surface area (Å²) in [6.45, 7) is 4.18. The zero-order valence-electron chi connectivity index (χ0n) is 12.4. The van der Waals surface area contributed by atoms with Gasteiger partial charge in [0.15, 0.2) is 0 Å². The molecule has 0 aliphatic heterocycles. The van der Waals surface area contributed by atoms with Crippen LogP contribution in [0.2, 0.25) is 0 Å². The maximum atomic E-state index is 12.0. The van der Waals surface area contributed by atoms with Gasteiger partial charge < -0.3 is 14.3 Å². The number of carbonyl (C=O) groups is 1. The molecule has 6 heteroatoms. The van der Waals surface area contributed by atoms with Crippen molar-refractivity contribution in [2.45, 2.75) is 26.8 Å². The Morgan fingerprint density at radius 3 is 2.91 bits per heavy atom. The summed E-state index contributed by atoms with van der Waals surface area (Å²) in [5, 5.41) is 8.84. The minimum atomic E-state index is -0.0346. The first kappa shape index (κ1) is 14.6. The van der Waals surface area contributed by atoms with Gasteiger partial charge in [-0.2, -0.15) is 0 Å². The van der Waals surface area contributed by atoms with Gasteiger partial charge in [0.05, 0.1) is 31.2 Å². The largest absolute Gasteiger partial charge is 0.472 e. The summed E-state index contributed by atoms with van der Waals surface area (Å²) in [5.41, 5.74) is 3.78. The summed E-state index contributed by atoms with van der Waals surface area (Å²) >= 11 is 1.62. The van der Waals surface area contributed by atoms with E-state index >= 15 is 0 Å². The van der Waals surface area contributed by atoms with E-state index in [9.17, 15) is 4.79 Å². The summed E-state index contributed by atoms with van der Waals surface area (Å²) in [6.07, 6.45) is 3.65. The van der Waals surface area contributed by atoms with Crippen LogP contribution in [0.25, 0.3) is 11.1 Å². The second kappa shape index (κ2) is 6.19. The molecule has 0 aromatic carbocycles. The summed E-state index contributed by atoms with van der Waals surface area (Å²) in [4.78, 5) is 13.1. The van der Waals surface area contributed by atoms with Crippen LogP contribution in [-0.4, -0.2) is 11.1 Å². The van der Waals surface area contributed by atoms with Gasteiger partial charge in [-0.3, -0.25) is 4.79 Å². The number of aryl methyl sites for hydroxylation is 2. The summed E-state index contributed by atoms with van der Waals surface area (Å²) in [7, 11) is 0. The lowest BCUT2D eigenvalue weighted by Crippen LogP contribution is -2.24. The number of amides is 1. The molecule has 3 rings (SSSR count). The summed E-state index contributed by atoms with van der Waals surface area (Å²) in [6, 6.07) is 3.98. The smallest absolute Gasteiger partial charge is 0.224 e. The van der Waals surface area contributed by atoms with E-state index in [1.165, 1.54) is 0 Å². The average Bonchev–Trinajstić information content (AvgIpc) is 3.22. The van der Waals surface area contributed by atoms with Crippen LogP contribution in [0.4, 0.5) is 0 Å². The molecule has 0 fully saturated rings. The predicted molar refractivity (Wildman–Crippen MR) is 83.5 cm³/mol. The molecule has 0 bridgehead atoms. The van der Waals surface area contributed by atoms with E-state index in [0.29, 0.717) is 18.7 Å². The van der Waals surface area contributed by atoms with Gasteiger partial charge >= 0.3 is 0 Å². The van der Waals surface area contributed by atoms with Crippen molar-refractivity contribution in [2.24, 2.45) is 0 Å². The number of furan rings is 1. The van der Waals surface area contributed by atoms with Crippen molar-refractivity contribution in [1.82, 2.24) is 10.5 Å². The fraction of sp³-hybridized carbons (Fsp3) is 0.250. The minimum absolute atomic E-state index is 0.0346. The van der Waals surface area contributed by atoms with Crippen LogP contribution < -0.4 is 5.32 Å². The molecule has 0 spiro atoms. The van der Waals surface area contributed by atoms with Crippen molar-refractivity contribution in [3.63, 3.8) is 0 Å². The van der Waals surface area contributed by atoms with E-state index in [1.807, 2.05) is 19.9 Å². The van der Waals surface area contributed by atoms with E-state index in [1.54, 1.807) is 23.9 Å². The molecule has 3 aromatic rings. The number of hydrogen-bond donors (Lipinski definition) is 1. The van der Waals surface area contributed by atoms with E-state index in [-0.39, 0.29) is 5.91 Å². The van der Waals surface area contributed by atoms with Crippen molar-refractivity contribution >= 4 is 17.2 Å². The normalized spacial score (nSPS) is 10.8. The highest BCUT2D eigenvalue weighted by Crippen LogP contribution is 2.25. The molecule has 0 radical (unpaired) electrons. The highest BCUT2D eigenvalue weighted by atomic mass is 32.1. The Bertz CT molecular complexity index is 752. The standard InChI is InChI=1S/C16H16N2O3S/c1-10-15(11(2)21-18-10)6-16(19)17-7-14-5-13(9-22-14)12-3-4-20-8-12/h3-5,8-9H,6-7H2,1-2H3,(H,17,19). The van der Waals surface area contributed by atoms with Crippen LogP contribution in [0, 0.1) is 13.8 Å². The molecular weight excluding hydrogens is 300 g/mol. The van der Waals surface area contributed by atoms with Crippen molar-refractivity contribution in [2.75, 3.05) is 0 Å². The van der Waals surface area contributed by atoms with Gasteiger partial charge in [-0.15, -0.1) is 11.3 Å². The van der Waals surface area contributed by atoms with Crippen LogP contribution in [0.1, 0.15) is 21.9 Å². The molecule has 1 amide bonds. The molecule has 22 heavy (non-hydrogen) atoms. The maximum absolute atomic E-state index is 12.0. The molecule has 0 saturated heterocycles. The number of rotatable bonds is 5. The van der Waals surface area contributed by atoms with E-state index < -0.39 is 0 Å². The number of thiophene rings is 1. The third-order valence-corrected chi connectivity index (χ3v) is 4.42. The van der Waals surface area contributed by atoms with E-state index in [2.05, 4.69) is 21.9 Å². The van der Waals surface area contributed by atoms with Crippen molar-refractivity contribution in [3.8, 4) is 11.1 Å². The van der Waals surface area contributed by atoms with Gasteiger partial charge in [0.25, 0.3) is 0 Å². The quantitative estimate of drug-likeness (QED) is 0.782. The number of carbonyl (C=O) groups excluding carboxylic acids is 1. The van der Waals surface area contributed by atoms with Gasteiger partial charge in [-0.1, -0.05) is 5.16 Å². The fourth-order valence-corrected chi connectivity index (χ4v) is 3.05. The first-order chi connectivity index (χ1) is 10.6. The SMILES string of the molecule is Cc1noc(C)c1CC(=O)NCc1cc(-c2ccoc2)cs1. The van der Waals surface area contributed by atoms with Gasteiger partial charge in [0.1, 0.15) is 5.76 Å². The predicted octanol–water partition coefficient (Wildman–Crippen LogP) is 3.47. The maximum Gasteiger partial charge on any atom is 0.224 e. The van der Waals surface area contributed by atoms with Gasteiger partial charge in [-0.05, 0) is 36.9 Å². The van der Waals surface area contributed by atoms with Gasteiger partial charge in [0, 0.05) is 16.0 Å². The second-order valence-electron chi connectivity index (χ2n) is 5.07. The molecule has 1 N–H and O–H groups in total. The number of hydrogen-bond acceptors (Lipinski definition) is 5. The molecule has 3 aromatic heterocycles. The molecule has 114 valence electrons. The van der Waals surface area contributed by atoms with Crippen LogP contribution in [0.5, 0.6) is 0 Å². The number of nitrogens with one attached hydrogen (secondary N) is 1. The Morgan fingerprint density at radius 2 is 2.23 bits per heavy atom. The van der Waals surface area contributed by atoms with Crippen molar-refractivity contribution in [3.05, 3.63) is 51.9 Å². The molecule has 3 heterocycles. The van der Waals surface area contributed by atoms with Crippen LogP contribution in [0.3, 0.4) is 0 Å². The Hall–Kier alpha value is -2.34. The van der Waals surface area contributed by atoms with Crippen molar-refractivity contribution in [1.29, 1.82) is 0 Å². The third kappa shape index (κ3) is 3.12. The highest BCUT2D eigenvalue weighted by molar-refractivity contribution is 7.10. The first-order valence-electron chi connectivity index (χ1n) is 6.92. The molecule has 0 aliphatic rings. The molecule has 0 saturated carbocycles. The molecule has 5 nitrogen and oxygen atoms in total. The lowest BCUT2D eigenvalue weighted by Gasteiger charge is -2.03. The third-order valence-electron chi connectivity index (χ3n) is 3.49. The first-order valence-corrected chi connectivity index (χ1v) is 7.80. The molecule has 0 aliphatic carbocycles. The van der Waals surface area contributed by atoms with Crippen molar-refractivity contribution < 1.29 is 13.7 Å². The lowest BCUT2D eigenvalue weighted by atomic mass is 10.1. The minimum Gasteiger partial charge on any atom is -0.472 e. The van der Waals surface area contributed by atoms with Crippen LogP contribution in [-0.2, 0) is 17.8 Å². The van der Waals surface area contributed by atoms with Gasteiger partial charge in [-0.25, -0.2) is 0 Å². The average molecular weight is 316 g/mol. The summed E-state index contributed by atoms with van der Waals surface area (Å²) in [5.74, 6) is 0.665. The highest BCUT2D eigenvalue weighted by Gasteiger charge is 2.13. The number of nitrogens with zero attached hydrogens (tertiary/aromatic N) is 1. The van der Waals surface area contributed by atoms with Crippen LogP contribution in [0.15, 0.2) is 39.0 Å². The zero-order chi connectivity index (χ0) is 15.5. The fourth-order valence-electron chi connectivity index (χ4n) is 2.22. The lowest BCUT2D eigenvalue weighted by molar-refractivity contribution is -0.120. The van der Waals surface area contributed by atoms with Gasteiger partial charge in [0.2, 0.25) is 5.91 Å². The van der Waals surface area contributed by atoms with Crippen LogP contribution >= 0.6 is 11.3 Å². The Balaban J connectivity index is 1.57. The number of aromatic nitrogens is 1. The Labute approximate surface area is 131 Å². The monoisotopic (exact) mass is 316 g/mol. The topological polar surface area (TPSA) is 68.3 Å². The molecular formula is C16H16N2O3S. The zero-order valence-corrected chi connectivity index (χ0v) is 13.2. The second-order valence-corrected chi connectivity index (χ2v) is 6.07. The summed E-state index contributed by atoms with van der Waals surface area (Å²) < 4.78 is 10.1. The Morgan fingerprint density at radius 1 is 1.36 bits per heavy atom. The molecule has 0 unspecified atom stereocenters. The van der Waals surface area contributed by atoms with E-state index in [4.69, 9.17) is 8.94 Å². The van der Waals surface area contributed by atoms with E-state index in [0.717, 1.165) is 27.3 Å². The Kier molecular flexibility index (Phi) is 4.11. The molecule has 0 atom stereocenters.